The number of hydrogen-bond donors (Lipinski definition) is 1. The van der Waals surface area contributed by atoms with E-state index in [-0.39, 0.29) is 37.7 Å². The van der Waals surface area contributed by atoms with E-state index < -0.39 is 21.7 Å². The van der Waals surface area contributed by atoms with Crippen molar-refractivity contribution in [3.63, 3.8) is 0 Å². The minimum Gasteiger partial charge on any atom is -0.265 e. The van der Waals surface area contributed by atoms with Gasteiger partial charge in [-0.25, -0.2) is 0 Å². The quantitative estimate of drug-likeness (QED) is 0.453. The summed E-state index contributed by atoms with van der Waals surface area (Å²) in [6, 6.07) is 0. The smallest absolute Gasteiger partial charge is 0.265 e. The zero-order chi connectivity index (χ0) is 8.58. The predicted molar refractivity (Wildman–Crippen MR) is 33.7 cm³/mol. The molecule has 0 saturated heterocycles. The minimum absolute atomic E-state index is 0. The van der Waals surface area contributed by atoms with Gasteiger partial charge in [0.25, 0.3) is 0 Å². The van der Waals surface area contributed by atoms with Gasteiger partial charge in [-0.05, 0) is 0 Å². The molecular weight excluding hydrogens is 198 g/mol. The van der Waals surface area contributed by atoms with E-state index in [0.717, 1.165) is 0 Å². The molecular formula is C2HF6Li2NS. The second-order valence-electron chi connectivity index (χ2n) is 1.20. The van der Waals surface area contributed by atoms with E-state index in [1.807, 2.05) is 0 Å². The maximum absolute atomic E-state index is 11.0. The Morgan fingerprint density at radius 1 is 0.750 bits per heavy atom. The van der Waals surface area contributed by atoms with E-state index in [2.05, 4.69) is 0 Å². The van der Waals surface area contributed by atoms with Crippen LogP contribution < -0.4 is 0 Å². The van der Waals surface area contributed by atoms with Gasteiger partial charge in [0.15, 0.2) is 0 Å². The Kier molecular flexibility index (Phi) is 8.73. The van der Waals surface area contributed by atoms with Crippen LogP contribution in [0.2, 0.25) is 0 Å². The van der Waals surface area contributed by atoms with Gasteiger partial charge in [-0.1, -0.05) is 0 Å². The third kappa shape index (κ3) is 6.44. The summed E-state index contributed by atoms with van der Waals surface area (Å²) >= 11 is 0. The average Bonchev–Trinajstić information content (AvgIpc) is 1.59. The van der Waals surface area contributed by atoms with Crippen molar-refractivity contribution < 1.29 is 26.3 Å². The van der Waals surface area contributed by atoms with Crippen LogP contribution in [0.25, 0.3) is 0 Å². The molecule has 0 aromatic heterocycles. The van der Waals surface area contributed by atoms with Crippen molar-refractivity contribution in [3.8, 4) is 0 Å². The number of hydrogen-bond acceptors (Lipinski definition) is 1. The normalized spacial score (nSPS) is 11.9. The van der Waals surface area contributed by atoms with Gasteiger partial charge in [-0.15, -0.1) is 0 Å². The summed E-state index contributed by atoms with van der Waals surface area (Å²) in [5.74, 6) is 0. The fourth-order valence-corrected chi connectivity index (χ4v) is 0.394. The molecule has 0 saturated carbocycles. The molecule has 2 radical (unpaired) electrons. The van der Waals surface area contributed by atoms with E-state index in [1.54, 1.807) is 0 Å². The molecule has 0 rings (SSSR count). The second-order valence-corrected chi connectivity index (χ2v) is 2.74. The van der Waals surface area contributed by atoms with Crippen LogP contribution in [-0.2, 0) is 10.7 Å². The molecule has 0 aromatic rings. The Labute approximate surface area is 90.5 Å². The summed E-state index contributed by atoms with van der Waals surface area (Å²) < 4.78 is 72.0. The van der Waals surface area contributed by atoms with E-state index in [9.17, 15) is 26.3 Å². The number of rotatable bonds is 0. The van der Waals surface area contributed by atoms with Crippen LogP contribution >= 0.6 is 0 Å². The maximum atomic E-state index is 11.0. The van der Waals surface area contributed by atoms with E-state index in [0.29, 0.717) is 0 Å². The molecule has 0 aliphatic rings. The summed E-state index contributed by atoms with van der Waals surface area (Å²) in [4.78, 5) is 0. The largest absolute Gasteiger partial charge is 0.460 e. The molecule has 10 heteroatoms. The van der Waals surface area contributed by atoms with Crippen molar-refractivity contribution in [2.24, 2.45) is 0 Å². The van der Waals surface area contributed by atoms with Gasteiger partial charge in [-0.2, -0.15) is 26.3 Å². The second kappa shape index (κ2) is 5.61. The topological polar surface area (TPSA) is 23.9 Å². The number of alkyl halides is 6. The van der Waals surface area contributed by atoms with Gasteiger partial charge in [0.1, 0.15) is 10.7 Å². The third-order valence-corrected chi connectivity index (χ3v) is 1.39. The Morgan fingerprint density at radius 3 is 0.917 bits per heavy atom. The Morgan fingerprint density at radius 2 is 0.917 bits per heavy atom. The summed E-state index contributed by atoms with van der Waals surface area (Å²) in [5, 5.41) is 0. The summed E-state index contributed by atoms with van der Waals surface area (Å²) in [6.07, 6.45) is 0. The first-order valence-electron chi connectivity index (χ1n) is 1.75. The molecule has 64 valence electrons. The molecule has 0 spiro atoms. The van der Waals surface area contributed by atoms with E-state index >= 15 is 0 Å². The minimum atomic E-state index is -5.49. The first-order valence-corrected chi connectivity index (χ1v) is 2.97. The molecule has 12 heavy (non-hydrogen) atoms. The Hall–Kier alpha value is 0.925. The Balaban J connectivity index is -0.000000405. The van der Waals surface area contributed by atoms with Gasteiger partial charge in [0.05, 0.1) is 0 Å². The van der Waals surface area contributed by atoms with Crippen molar-refractivity contribution in [1.82, 2.24) is 0 Å². The van der Waals surface area contributed by atoms with Crippen molar-refractivity contribution in [3.05, 3.63) is 0 Å². The molecule has 0 heterocycles. The van der Waals surface area contributed by atoms with Crippen molar-refractivity contribution in [2.75, 3.05) is 0 Å². The molecule has 0 aromatic carbocycles. The van der Waals surface area contributed by atoms with Gasteiger partial charge in [0.2, 0.25) is 0 Å². The van der Waals surface area contributed by atoms with Crippen LogP contribution in [0.15, 0.2) is 0 Å². The molecule has 0 atom stereocenters. The molecule has 0 unspecified atom stereocenters. The van der Waals surface area contributed by atoms with Crippen molar-refractivity contribution in [2.45, 2.75) is 11.0 Å². The molecule has 0 amide bonds. The standard InChI is InChI=1S/C2HF6NS.2Li/c3-1(4,5)10(9)2(6,7)8;;/h9H;;. The molecule has 0 bridgehead atoms. The fourth-order valence-electron chi connectivity index (χ4n) is 0.131. The van der Waals surface area contributed by atoms with Crippen LogP contribution in [0.3, 0.4) is 0 Å². The van der Waals surface area contributed by atoms with Gasteiger partial charge < -0.3 is 0 Å². The van der Waals surface area contributed by atoms with E-state index in [1.165, 1.54) is 0 Å². The molecule has 1 N–H and O–H groups in total. The molecule has 0 aliphatic carbocycles. The zero-order valence-corrected chi connectivity index (χ0v) is 6.99. The monoisotopic (exact) mass is 199 g/mol. The molecule has 0 aliphatic heterocycles. The molecule has 0 fully saturated rings. The number of nitrogens with one attached hydrogen (secondary N) is 1. The van der Waals surface area contributed by atoms with Gasteiger partial charge in [-0.3, -0.25) is 4.78 Å². The fraction of sp³-hybridized carbons (Fsp3) is 1.00. The van der Waals surface area contributed by atoms with Crippen LogP contribution in [0.1, 0.15) is 0 Å². The van der Waals surface area contributed by atoms with Gasteiger partial charge in [0, 0.05) is 37.7 Å². The first-order chi connectivity index (χ1) is 4.15. The summed E-state index contributed by atoms with van der Waals surface area (Å²) in [7, 11) is -4.25. The van der Waals surface area contributed by atoms with Crippen molar-refractivity contribution in [1.29, 1.82) is 4.78 Å². The van der Waals surface area contributed by atoms with Gasteiger partial charge >= 0.3 is 11.0 Å². The predicted octanol–water partition coefficient (Wildman–Crippen LogP) is 1.65. The first kappa shape index (κ1) is 18.7. The SMILES string of the molecule is N=S(C(F)(F)F)C(F)(F)F.[Li].[Li]. The van der Waals surface area contributed by atoms with Crippen LogP contribution in [0.4, 0.5) is 26.3 Å². The maximum Gasteiger partial charge on any atom is 0.460 e. The zero-order valence-electron chi connectivity index (χ0n) is 6.18. The molecule has 1 nitrogen and oxygen atoms in total. The Bertz CT molecular complexity index is 135. The summed E-state index contributed by atoms with van der Waals surface area (Å²) in [6.45, 7) is 0. The summed E-state index contributed by atoms with van der Waals surface area (Å²) in [5.41, 5.74) is -11.0. The third-order valence-electron chi connectivity index (χ3n) is 0.463. The average molecular weight is 199 g/mol. The van der Waals surface area contributed by atoms with Crippen LogP contribution in [0, 0.1) is 4.78 Å². The number of halogens is 6. The van der Waals surface area contributed by atoms with Crippen LogP contribution in [-0.4, -0.2) is 48.7 Å². The van der Waals surface area contributed by atoms with Crippen LogP contribution in [0.5, 0.6) is 0 Å². The van der Waals surface area contributed by atoms with E-state index in [4.69, 9.17) is 4.78 Å². The van der Waals surface area contributed by atoms with Crippen molar-refractivity contribution >= 4 is 48.4 Å².